The van der Waals surface area contributed by atoms with Crippen LogP contribution in [0.3, 0.4) is 0 Å². The normalized spacial score (nSPS) is 25.1. The Bertz CT molecular complexity index is 210. The largest absolute Gasteiger partial charge is 0.316 e. The number of rotatable bonds is 8. The molecule has 106 valence electrons. The second-order valence-electron chi connectivity index (χ2n) is 6.43. The molecule has 1 nitrogen and oxygen atoms in total. The zero-order valence-electron chi connectivity index (χ0n) is 12.6. The van der Waals surface area contributed by atoms with E-state index in [0.29, 0.717) is 0 Å². The Balaban J connectivity index is 2.33. The molecule has 1 saturated carbocycles. The van der Waals surface area contributed by atoms with E-state index in [1.807, 2.05) is 0 Å². The molecule has 1 aliphatic rings. The zero-order valence-corrected chi connectivity index (χ0v) is 12.6. The van der Waals surface area contributed by atoms with Crippen molar-refractivity contribution >= 4 is 0 Å². The van der Waals surface area contributed by atoms with E-state index in [1.54, 1.807) is 0 Å². The van der Waals surface area contributed by atoms with Crippen molar-refractivity contribution in [1.82, 2.24) is 5.32 Å². The molecule has 0 aromatic heterocycles. The molecular formula is C17H33N. The number of unbranched alkanes of at least 4 members (excludes halogenated alkanes) is 1. The molecule has 2 unspecified atom stereocenters. The highest BCUT2D eigenvalue weighted by Gasteiger charge is 2.22. The molecule has 0 aromatic carbocycles. The van der Waals surface area contributed by atoms with E-state index < -0.39 is 0 Å². The van der Waals surface area contributed by atoms with Crippen molar-refractivity contribution in [3.8, 4) is 0 Å². The molecule has 1 aliphatic carbocycles. The van der Waals surface area contributed by atoms with Gasteiger partial charge in [0, 0.05) is 0 Å². The minimum absolute atomic E-state index is 0.773. The summed E-state index contributed by atoms with van der Waals surface area (Å²) in [6.45, 7) is 10.8. The summed E-state index contributed by atoms with van der Waals surface area (Å²) >= 11 is 0. The quantitative estimate of drug-likeness (QED) is 0.372. The molecule has 0 radical (unpaired) electrons. The predicted octanol–water partition coefficient (Wildman–Crippen LogP) is 4.78. The van der Waals surface area contributed by atoms with E-state index in [9.17, 15) is 0 Å². The van der Waals surface area contributed by atoms with E-state index in [1.165, 1.54) is 64.5 Å². The van der Waals surface area contributed by atoms with E-state index >= 15 is 0 Å². The Morgan fingerprint density at radius 3 is 2.56 bits per heavy atom. The van der Waals surface area contributed by atoms with Gasteiger partial charge in [-0.05, 0) is 56.5 Å². The molecule has 18 heavy (non-hydrogen) atoms. The van der Waals surface area contributed by atoms with Gasteiger partial charge >= 0.3 is 0 Å². The van der Waals surface area contributed by atoms with Crippen LogP contribution < -0.4 is 5.32 Å². The van der Waals surface area contributed by atoms with E-state index in [-0.39, 0.29) is 0 Å². The van der Waals surface area contributed by atoms with Gasteiger partial charge < -0.3 is 5.32 Å². The highest BCUT2D eigenvalue weighted by molar-refractivity contribution is 4.77. The maximum Gasteiger partial charge on any atom is -0.00178 e. The summed E-state index contributed by atoms with van der Waals surface area (Å²) in [5.41, 5.74) is 0. The van der Waals surface area contributed by atoms with Crippen LogP contribution in [0.5, 0.6) is 0 Å². The highest BCUT2D eigenvalue weighted by atomic mass is 14.9. The van der Waals surface area contributed by atoms with Crippen molar-refractivity contribution in [2.75, 3.05) is 13.1 Å². The molecule has 0 aliphatic heterocycles. The Morgan fingerprint density at radius 1 is 1.17 bits per heavy atom. The van der Waals surface area contributed by atoms with Crippen molar-refractivity contribution in [1.29, 1.82) is 0 Å². The lowest BCUT2D eigenvalue weighted by molar-refractivity contribution is 0.276. The third-order valence-electron chi connectivity index (χ3n) is 4.26. The van der Waals surface area contributed by atoms with Crippen molar-refractivity contribution in [2.24, 2.45) is 17.8 Å². The van der Waals surface area contributed by atoms with Crippen LogP contribution in [0.15, 0.2) is 12.7 Å². The van der Waals surface area contributed by atoms with Gasteiger partial charge in [0.05, 0.1) is 0 Å². The van der Waals surface area contributed by atoms with E-state index in [2.05, 4.69) is 31.8 Å². The van der Waals surface area contributed by atoms with Gasteiger partial charge in [-0.2, -0.15) is 0 Å². The van der Waals surface area contributed by atoms with Crippen LogP contribution in [-0.2, 0) is 0 Å². The van der Waals surface area contributed by atoms with Crippen molar-refractivity contribution in [3.63, 3.8) is 0 Å². The molecular weight excluding hydrogens is 218 g/mol. The van der Waals surface area contributed by atoms with E-state index in [0.717, 1.165) is 17.8 Å². The summed E-state index contributed by atoms with van der Waals surface area (Å²) in [5, 5.41) is 3.68. The molecule has 1 rings (SSSR count). The molecule has 0 amide bonds. The van der Waals surface area contributed by atoms with Gasteiger partial charge in [-0.15, -0.1) is 6.58 Å². The Morgan fingerprint density at radius 2 is 1.89 bits per heavy atom. The Kier molecular flexibility index (Phi) is 8.41. The van der Waals surface area contributed by atoms with Gasteiger partial charge in [-0.25, -0.2) is 0 Å². The molecule has 0 heterocycles. The van der Waals surface area contributed by atoms with Crippen LogP contribution in [0.25, 0.3) is 0 Å². The van der Waals surface area contributed by atoms with Gasteiger partial charge in [-0.1, -0.05) is 45.6 Å². The van der Waals surface area contributed by atoms with Crippen molar-refractivity contribution in [2.45, 2.75) is 65.2 Å². The first-order chi connectivity index (χ1) is 8.74. The number of allylic oxidation sites excluding steroid dienone is 1. The summed E-state index contributed by atoms with van der Waals surface area (Å²) in [4.78, 5) is 0. The van der Waals surface area contributed by atoms with Crippen LogP contribution in [0.2, 0.25) is 0 Å². The highest BCUT2D eigenvalue weighted by Crippen LogP contribution is 2.32. The minimum Gasteiger partial charge on any atom is -0.316 e. The maximum atomic E-state index is 3.84. The fraction of sp³-hybridized carbons (Fsp3) is 0.882. The Hall–Kier alpha value is -0.300. The van der Waals surface area contributed by atoms with Gasteiger partial charge in [0.25, 0.3) is 0 Å². The number of hydrogen-bond donors (Lipinski definition) is 1. The number of hydrogen-bond acceptors (Lipinski definition) is 1. The average Bonchev–Trinajstić information content (AvgIpc) is 2.55. The second kappa shape index (κ2) is 9.61. The third-order valence-corrected chi connectivity index (χ3v) is 4.26. The lowest BCUT2D eigenvalue weighted by Gasteiger charge is -2.26. The average molecular weight is 251 g/mol. The SMILES string of the molecule is C=CCCCC1CCCCCC1CNCC(C)C. The fourth-order valence-corrected chi connectivity index (χ4v) is 3.19. The van der Waals surface area contributed by atoms with Gasteiger partial charge in [0.1, 0.15) is 0 Å². The van der Waals surface area contributed by atoms with Crippen LogP contribution in [0.4, 0.5) is 0 Å². The van der Waals surface area contributed by atoms with Crippen LogP contribution >= 0.6 is 0 Å². The summed E-state index contributed by atoms with van der Waals surface area (Å²) in [6, 6.07) is 0. The topological polar surface area (TPSA) is 12.0 Å². The van der Waals surface area contributed by atoms with Gasteiger partial charge in [0.2, 0.25) is 0 Å². The number of nitrogens with one attached hydrogen (secondary N) is 1. The molecule has 0 spiro atoms. The van der Waals surface area contributed by atoms with Crippen molar-refractivity contribution in [3.05, 3.63) is 12.7 Å². The maximum absolute atomic E-state index is 3.84. The lowest BCUT2D eigenvalue weighted by Crippen LogP contribution is -2.30. The van der Waals surface area contributed by atoms with Crippen LogP contribution in [0.1, 0.15) is 65.2 Å². The molecule has 1 fully saturated rings. The molecule has 1 N–H and O–H groups in total. The summed E-state index contributed by atoms with van der Waals surface area (Å²) in [7, 11) is 0. The fourth-order valence-electron chi connectivity index (χ4n) is 3.19. The van der Waals surface area contributed by atoms with Crippen LogP contribution in [0, 0.1) is 17.8 Å². The minimum atomic E-state index is 0.773. The lowest BCUT2D eigenvalue weighted by atomic mass is 9.84. The summed E-state index contributed by atoms with van der Waals surface area (Å²) in [6.07, 6.45) is 13.3. The molecule has 0 aromatic rings. The third kappa shape index (κ3) is 6.58. The monoisotopic (exact) mass is 251 g/mol. The zero-order chi connectivity index (χ0) is 13.2. The first-order valence-electron chi connectivity index (χ1n) is 8.05. The molecule has 0 bridgehead atoms. The molecule has 0 saturated heterocycles. The van der Waals surface area contributed by atoms with Crippen molar-refractivity contribution < 1.29 is 0 Å². The van der Waals surface area contributed by atoms with Gasteiger partial charge in [-0.3, -0.25) is 0 Å². The van der Waals surface area contributed by atoms with Crippen LogP contribution in [-0.4, -0.2) is 13.1 Å². The standard InChI is InChI=1S/C17H33N/c1-4-5-7-10-16-11-8-6-9-12-17(16)14-18-13-15(2)3/h4,15-18H,1,5-14H2,2-3H3. The van der Waals surface area contributed by atoms with E-state index in [4.69, 9.17) is 0 Å². The predicted molar refractivity (Wildman–Crippen MR) is 81.8 cm³/mol. The summed E-state index contributed by atoms with van der Waals surface area (Å²) in [5.74, 6) is 2.66. The first-order valence-corrected chi connectivity index (χ1v) is 8.05. The first kappa shape index (κ1) is 15.8. The summed E-state index contributed by atoms with van der Waals surface area (Å²) < 4.78 is 0. The smallest absolute Gasteiger partial charge is 0.00178 e. The Labute approximate surface area is 114 Å². The molecule has 1 heteroatoms. The molecule has 2 atom stereocenters. The second-order valence-corrected chi connectivity index (χ2v) is 6.43. The van der Waals surface area contributed by atoms with Gasteiger partial charge in [0.15, 0.2) is 0 Å².